The average Bonchev–Trinajstić information content (AvgIpc) is 3.21. The molecule has 172 valence electrons. The first-order valence-corrected chi connectivity index (χ1v) is 12.3. The highest BCUT2D eigenvalue weighted by atomic mass is 32.2. The summed E-state index contributed by atoms with van der Waals surface area (Å²) in [6.45, 7) is 5.76. The Kier molecular flexibility index (Phi) is 6.34. The Morgan fingerprint density at radius 3 is 2.59 bits per heavy atom. The summed E-state index contributed by atoms with van der Waals surface area (Å²) in [5.41, 5.74) is 1.81. The lowest BCUT2D eigenvalue weighted by molar-refractivity contribution is -0.128. The summed E-state index contributed by atoms with van der Waals surface area (Å²) in [4.78, 5) is 28.7. The van der Waals surface area contributed by atoms with E-state index in [-0.39, 0.29) is 29.0 Å². The van der Waals surface area contributed by atoms with Gasteiger partial charge in [-0.15, -0.1) is 0 Å². The van der Waals surface area contributed by atoms with Crippen LogP contribution in [0.15, 0.2) is 33.7 Å². The number of aryl methyl sites for hydroxylation is 2. The summed E-state index contributed by atoms with van der Waals surface area (Å²) in [6.07, 6.45) is 1.99. The van der Waals surface area contributed by atoms with Gasteiger partial charge in [0, 0.05) is 51.3 Å². The molecule has 9 nitrogen and oxygen atoms in total. The number of hydrogen-bond donors (Lipinski definition) is 0. The van der Waals surface area contributed by atoms with E-state index in [1.165, 1.54) is 4.31 Å². The van der Waals surface area contributed by atoms with E-state index in [1.807, 2.05) is 23.1 Å². The molecule has 10 heteroatoms. The molecule has 0 atom stereocenters. The molecule has 3 heterocycles. The van der Waals surface area contributed by atoms with E-state index in [2.05, 4.69) is 5.16 Å². The van der Waals surface area contributed by atoms with Gasteiger partial charge in [-0.05, 0) is 44.4 Å². The van der Waals surface area contributed by atoms with Gasteiger partial charge in [0.25, 0.3) is 5.91 Å². The maximum absolute atomic E-state index is 13.2. The van der Waals surface area contributed by atoms with Crippen molar-refractivity contribution in [2.45, 2.75) is 44.6 Å². The van der Waals surface area contributed by atoms with Crippen molar-refractivity contribution in [2.24, 2.45) is 0 Å². The fourth-order valence-corrected chi connectivity index (χ4v) is 6.15. The topological polar surface area (TPSA) is 104 Å². The van der Waals surface area contributed by atoms with Crippen LogP contribution in [-0.4, -0.2) is 72.2 Å². The van der Waals surface area contributed by atoms with Crippen LogP contribution < -0.4 is 0 Å². The van der Waals surface area contributed by atoms with Gasteiger partial charge >= 0.3 is 0 Å². The van der Waals surface area contributed by atoms with Crippen molar-refractivity contribution < 1.29 is 22.5 Å². The van der Waals surface area contributed by atoms with Crippen LogP contribution in [0.25, 0.3) is 0 Å². The summed E-state index contributed by atoms with van der Waals surface area (Å²) >= 11 is 0. The lowest BCUT2D eigenvalue weighted by Gasteiger charge is -2.22. The van der Waals surface area contributed by atoms with Gasteiger partial charge in [-0.2, -0.15) is 4.31 Å². The molecule has 2 saturated heterocycles. The molecule has 2 aliphatic heterocycles. The van der Waals surface area contributed by atoms with Gasteiger partial charge in [-0.1, -0.05) is 17.3 Å². The van der Waals surface area contributed by atoms with E-state index >= 15 is 0 Å². The molecule has 1 aromatic carbocycles. The van der Waals surface area contributed by atoms with Crippen molar-refractivity contribution in [1.82, 2.24) is 19.3 Å². The first-order chi connectivity index (χ1) is 15.3. The minimum Gasteiger partial charge on any atom is -0.360 e. The zero-order valence-corrected chi connectivity index (χ0v) is 19.2. The Morgan fingerprint density at radius 1 is 1.09 bits per heavy atom. The maximum atomic E-state index is 13.2. The maximum Gasteiger partial charge on any atom is 0.253 e. The van der Waals surface area contributed by atoms with Crippen molar-refractivity contribution in [3.8, 4) is 0 Å². The van der Waals surface area contributed by atoms with Crippen molar-refractivity contribution >= 4 is 21.8 Å². The zero-order chi connectivity index (χ0) is 22.9. The molecule has 2 aliphatic rings. The van der Waals surface area contributed by atoms with E-state index in [4.69, 9.17) is 4.52 Å². The molecule has 0 unspecified atom stereocenters. The molecule has 4 rings (SSSR count). The van der Waals surface area contributed by atoms with Crippen LogP contribution in [0.1, 0.15) is 46.6 Å². The second kappa shape index (κ2) is 9.03. The molecule has 0 spiro atoms. The summed E-state index contributed by atoms with van der Waals surface area (Å²) < 4.78 is 32.7. The minimum absolute atomic E-state index is 0.112. The van der Waals surface area contributed by atoms with Crippen LogP contribution in [-0.2, 0) is 21.4 Å². The molecule has 0 bridgehead atoms. The number of likely N-dealkylation sites (tertiary alicyclic amines) is 1. The van der Waals surface area contributed by atoms with Crippen LogP contribution in [0.5, 0.6) is 0 Å². The van der Waals surface area contributed by atoms with Crippen molar-refractivity contribution in [3.63, 3.8) is 0 Å². The molecular formula is C22H28N4O5S. The van der Waals surface area contributed by atoms with Crippen LogP contribution in [0, 0.1) is 13.8 Å². The number of carbonyl (C=O) groups excluding carboxylic acids is 2. The third-order valence-corrected chi connectivity index (χ3v) is 8.17. The smallest absolute Gasteiger partial charge is 0.253 e. The Morgan fingerprint density at radius 2 is 1.91 bits per heavy atom. The van der Waals surface area contributed by atoms with Gasteiger partial charge in [-0.3, -0.25) is 9.59 Å². The molecule has 0 N–H and O–H groups in total. The van der Waals surface area contributed by atoms with Gasteiger partial charge in [0.05, 0.1) is 0 Å². The SMILES string of the molecule is Cc1noc(C)c1S(=O)(=O)N1CCCN(C(=O)c2cccc(CN3CCCC3=O)c2)CC1. The number of hydrogen-bond acceptors (Lipinski definition) is 6. The predicted octanol–water partition coefficient (Wildman–Crippen LogP) is 1.95. The largest absolute Gasteiger partial charge is 0.360 e. The predicted molar refractivity (Wildman–Crippen MR) is 116 cm³/mol. The fourth-order valence-electron chi connectivity index (χ4n) is 4.39. The standard InChI is InChI=1S/C22H28N4O5S/c1-16-21(17(2)31-23-16)32(29,30)26-11-5-10-24(12-13-26)22(28)19-7-3-6-18(14-19)15-25-9-4-8-20(25)27/h3,6-7,14H,4-5,8-13,15H2,1-2H3. The molecule has 2 fully saturated rings. The number of rotatable bonds is 5. The lowest BCUT2D eigenvalue weighted by atomic mass is 10.1. The quantitative estimate of drug-likeness (QED) is 0.676. The zero-order valence-electron chi connectivity index (χ0n) is 18.4. The highest BCUT2D eigenvalue weighted by Crippen LogP contribution is 2.24. The highest BCUT2D eigenvalue weighted by molar-refractivity contribution is 7.89. The van der Waals surface area contributed by atoms with Crippen LogP contribution >= 0.6 is 0 Å². The summed E-state index contributed by atoms with van der Waals surface area (Å²) in [6, 6.07) is 7.34. The third kappa shape index (κ3) is 4.42. The van der Waals surface area contributed by atoms with Crippen LogP contribution in [0.2, 0.25) is 0 Å². The summed E-state index contributed by atoms with van der Waals surface area (Å²) in [5, 5.41) is 3.76. The van der Waals surface area contributed by atoms with Crippen LogP contribution in [0.4, 0.5) is 0 Å². The molecular weight excluding hydrogens is 432 g/mol. The van der Waals surface area contributed by atoms with E-state index in [0.29, 0.717) is 50.3 Å². The lowest BCUT2D eigenvalue weighted by Crippen LogP contribution is -2.37. The summed E-state index contributed by atoms with van der Waals surface area (Å²) in [7, 11) is -3.74. The van der Waals surface area contributed by atoms with Gasteiger partial charge in [0.15, 0.2) is 5.76 Å². The van der Waals surface area contributed by atoms with Gasteiger partial charge in [0.2, 0.25) is 15.9 Å². The van der Waals surface area contributed by atoms with Gasteiger partial charge in [0.1, 0.15) is 10.6 Å². The Balaban J connectivity index is 1.45. The first-order valence-electron chi connectivity index (χ1n) is 10.9. The van der Waals surface area contributed by atoms with E-state index in [0.717, 1.165) is 18.5 Å². The number of amides is 2. The van der Waals surface area contributed by atoms with Gasteiger partial charge < -0.3 is 14.3 Å². The van der Waals surface area contributed by atoms with Gasteiger partial charge in [-0.25, -0.2) is 8.42 Å². The summed E-state index contributed by atoms with van der Waals surface area (Å²) in [5.74, 6) is 0.290. The van der Waals surface area contributed by atoms with E-state index < -0.39 is 10.0 Å². The number of aromatic nitrogens is 1. The van der Waals surface area contributed by atoms with Crippen LogP contribution in [0.3, 0.4) is 0 Å². The minimum atomic E-state index is -3.74. The molecule has 32 heavy (non-hydrogen) atoms. The fraction of sp³-hybridized carbons (Fsp3) is 0.500. The van der Waals surface area contributed by atoms with Crippen molar-refractivity contribution in [3.05, 3.63) is 46.8 Å². The third-order valence-electron chi connectivity index (χ3n) is 6.03. The first kappa shape index (κ1) is 22.5. The molecule has 2 aromatic rings. The second-order valence-corrected chi connectivity index (χ2v) is 10.2. The molecule has 1 aromatic heterocycles. The normalized spacial score (nSPS) is 18.2. The monoisotopic (exact) mass is 460 g/mol. The van der Waals surface area contributed by atoms with E-state index in [9.17, 15) is 18.0 Å². The second-order valence-electron chi connectivity index (χ2n) is 8.32. The van der Waals surface area contributed by atoms with Crippen molar-refractivity contribution in [2.75, 3.05) is 32.7 Å². The Bertz CT molecular complexity index is 1110. The Labute approximate surface area is 188 Å². The highest BCUT2D eigenvalue weighted by Gasteiger charge is 2.33. The average molecular weight is 461 g/mol. The number of nitrogens with zero attached hydrogens (tertiary/aromatic N) is 4. The number of carbonyl (C=O) groups is 2. The molecule has 0 saturated carbocycles. The Hall–Kier alpha value is -2.72. The molecule has 0 aliphatic carbocycles. The number of benzene rings is 1. The molecule has 0 radical (unpaired) electrons. The van der Waals surface area contributed by atoms with Crippen molar-refractivity contribution in [1.29, 1.82) is 0 Å². The number of sulfonamides is 1. The molecule has 2 amide bonds. The van der Waals surface area contributed by atoms with E-state index in [1.54, 1.807) is 24.8 Å².